The van der Waals surface area contributed by atoms with E-state index in [4.69, 9.17) is 4.74 Å². The molecule has 0 spiro atoms. The van der Waals surface area contributed by atoms with Crippen molar-refractivity contribution < 1.29 is 13.2 Å². The summed E-state index contributed by atoms with van der Waals surface area (Å²) in [7, 11) is -1.91. The molecule has 0 aliphatic heterocycles. The first-order valence-corrected chi connectivity index (χ1v) is 9.10. The van der Waals surface area contributed by atoms with E-state index in [2.05, 4.69) is 36.8 Å². The molecule has 0 amide bonds. The molecule has 0 aromatic heterocycles. The van der Waals surface area contributed by atoms with Gasteiger partial charge in [0.1, 0.15) is 5.75 Å². The predicted octanol–water partition coefficient (Wildman–Crippen LogP) is 3.22. The lowest BCUT2D eigenvalue weighted by Crippen LogP contribution is -2.25. The molecule has 0 saturated heterocycles. The van der Waals surface area contributed by atoms with Gasteiger partial charge in [-0.3, -0.25) is 0 Å². The summed E-state index contributed by atoms with van der Waals surface area (Å²) in [6, 6.07) is 12.7. The third-order valence-electron chi connectivity index (χ3n) is 3.78. The monoisotopic (exact) mass is 333 g/mol. The van der Waals surface area contributed by atoms with Crippen LogP contribution in [0.2, 0.25) is 0 Å². The fourth-order valence-corrected chi connectivity index (χ4v) is 3.52. The Morgan fingerprint density at radius 3 is 2.35 bits per heavy atom. The highest BCUT2D eigenvalue weighted by Crippen LogP contribution is 2.16. The van der Waals surface area contributed by atoms with Crippen LogP contribution in [-0.2, 0) is 16.4 Å². The topological polar surface area (TPSA) is 55.4 Å². The molecule has 0 radical (unpaired) electrons. The number of sulfonamides is 1. The largest absolute Gasteiger partial charge is 0.497 e. The predicted molar refractivity (Wildman–Crippen MR) is 92.4 cm³/mol. The van der Waals surface area contributed by atoms with E-state index in [0.717, 1.165) is 12.8 Å². The number of methoxy groups -OCH3 is 1. The van der Waals surface area contributed by atoms with Crippen LogP contribution in [-0.4, -0.2) is 22.1 Å². The fraction of sp³-hybridized carbons (Fsp3) is 0.333. The first kappa shape index (κ1) is 17.5. The highest BCUT2D eigenvalue weighted by atomic mass is 32.2. The van der Waals surface area contributed by atoms with Crippen molar-refractivity contribution >= 4 is 10.0 Å². The second-order valence-corrected chi connectivity index (χ2v) is 7.37. The van der Waals surface area contributed by atoms with E-state index in [9.17, 15) is 8.42 Å². The zero-order valence-corrected chi connectivity index (χ0v) is 14.6. The zero-order valence-electron chi connectivity index (χ0n) is 13.8. The minimum absolute atomic E-state index is 0.254. The standard InChI is InChI=1S/C18H23NO3S/c1-14-6-7-16(15(2)13-14)5-4-12-19-23(20,21)18-10-8-17(22-3)9-11-18/h6-11,13,19H,4-5,12H2,1-3H3. The third kappa shape index (κ3) is 4.81. The van der Waals surface area contributed by atoms with Gasteiger partial charge in [-0.1, -0.05) is 23.8 Å². The van der Waals surface area contributed by atoms with E-state index >= 15 is 0 Å². The van der Waals surface area contributed by atoms with E-state index in [1.165, 1.54) is 16.7 Å². The molecule has 0 fully saturated rings. The molecule has 4 nitrogen and oxygen atoms in total. The number of hydrogen-bond donors (Lipinski definition) is 1. The Morgan fingerprint density at radius 1 is 1.04 bits per heavy atom. The quantitative estimate of drug-likeness (QED) is 0.792. The summed E-state index contributed by atoms with van der Waals surface area (Å²) in [6.07, 6.45) is 1.62. The second kappa shape index (κ2) is 7.62. The average Bonchev–Trinajstić information content (AvgIpc) is 2.53. The van der Waals surface area contributed by atoms with Gasteiger partial charge in [-0.25, -0.2) is 13.1 Å². The van der Waals surface area contributed by atoms with E-state index in [0.29, 0.717) is 12.3 Å². The average molecular weight is 333 g/mol. The van der Waals surface area contributed by atoms with Crippen LogP contribution in [0.25, 0.3) is 0 Å². The number of ether oxygens (including phenoxy) is 1. The summed E-state index contributed by atoms with van der Waals surface area (Å²) < 4.78 is 32.1. The summed E-state index contributed by atoms with van der Waals surface area (Å²) in [5, 5.41) is 0. The molecule has 0 atom stereocenters. The van der Waals surface area contributed by atoms with Gasteiger partial charge in [0.25, 0.3) is 0 Å². The van der Waals surface area contributed by atoms with E-state index in [1.54, 1.807) is 31.4 Å². The van der Waals surface area contributed by atoms with Crippen molar-refractivity contribution in [1.29, 1.82) is 0 Å². The maximum Gasteiger partial charge on any atom is 0.240 e. The number of aryl methyl sites for hydroxylation is 3. The Kier molecular flexibility index (Phi) is 5.80. The smallest absolute Gasteiger partial charge is 0.240 e. The Balaban J connectivity index is 1.89. The third-order valence-corrected chi connectivity index (χ3v) is 5.26. The summed E-state index contributed by atoms with van der Waals surface area (Å²) in [5.41, 5.74) is 3.76. The number of hydrogen-bond acceptors (Lipinski definition) is 3. The SMILES string of the molecule is COc1ccc(S(=O)(=O)NCCCc2ccc(C)cc2C)cc1. The molecule has 0 saturated carbocycles. The minimum atomic E-state index is -3.46. The molecule has 124 valence electrons. The van der Waals surface area contributed by atoms with Crippen molar-refractivity contribution in [2.24, 2.45) is 0 Å². The van der Waals surface area contributed by atoms with E-state index in [1.807, 2.05) is 0 Å². The lowest BCUT2D eigenvalue weighted by atomic mass is 10.0. The van der Waals surface area contributed by atoms with Crippen molar-refractivity contribution in [3.8, 4) is 5.75 Å². The summed E-state index contributed by atoms with van der Waals surface area (Å²) in [6.45, 7) is 4.57. The van der Waals surface area contributed by atoms with Crippen LogP contribution in [0.15, 0.2) is 47.4 Å². The lowest BCUT2D eigenvalue weighted by Gasteiger charge is -2.09. The van der Waals surface area contributed by atoms with Crippen LogP contribution in [0.5, 0.6) is 5.75 Å². The Bertz CT molecular complexity index is 752. The Hall–Kier alpha value is -1.85. The van der Waals surface area contributed by atoms with Crippen LogP contribution in [0.1, 0.15) is 23.1 Å². The van der Waals surface area contributed by atoms with Crippen molar-refractivity contribution in [2.45, 2.75) is 31.6 Å². The molecule has 0 aliphatic rings. The maximum atomic E-state index is 12.2. The fourth-order valence-electron chi connectivity index (χ4n) is 2.45. The first-order valence-electron chi connectivity index (χ1n) is 7.62. The van der Waals surface area contributed by atoms with Gasteiger partial charge in [0.2, 0.25) is 10.0 Å². The molecule has 23 heavy (non-hydrogen) atoms. The number of nitrogens with one attached hydrogen (secondary N) is 1. The summed E-state index contributed by atoms with van der Waals surface area (Å²) in [5.74, 6) is 0.638. The van der Waals surface area contributed by atoms with Gasteiger partial charge in [0.15, 0.2) is 0 Å². The normalized spacial score (nSPS) is 11.4. The van der Waals surface area contributed by atoms with Crippen LogP contribution in [0.3, 0.4) is 0 Å². The van der Waals surface area contributed by atoms with E-state index in [-0.39, 0.29) is 4.90 Å². The molecule has 5 heteroatoms. The van der Waals surface area contributed by atoms with Crippen molar-refractivity contribution in [3.63, 3.8) is 0 Å². The molecular weight excluding hydrogens is 310 g/mol. The molecule has 0 heterocycles. The molecule has 2 aromatic carbocycles. The van der Waals surface area contributed by atoms with Crippen LogP contribution in [0, 0.1) is 13.8 Å². The van der Waals surface area contributed by atoms with E-state index < -0.39 is 10.0 Å². The molecule has 0 aliphatic carbocycles. The Morgan fingerprint density at radius 2 is 1.74 bits per heavy atom. The molecule has 0 bridgehead atoms. The van der Waals surface area contributed by atoms with Gasteiger partial charge in [-0.05, 0) is 62.1 Å². The molecule has 2 rings (SSSR count). The van der Waals surface area contributed by atoms with Gasteiger partial charge < -0.3 is 4.74 Å². The molecular formula is C18H23NO3S. The summed E-state index contributed by atoms with van der Waals surface area (Å²) >= 11 is 0. The van der Waals surface area contributed by atoms with Crippen molar-refractivity contribution in [1.82, 2.24) is 4.72 Å². The van der Waals surface area contributed by atoms with Gasteiger partial charge in [-0.2, -0.15) is 0 Å². The van der Waals surface area contributed by atoms with Gasteiger partial charge in [0.05, 0.1) is 12.0 Å². The van der Waals surface area contributed by atoms with Crippen LogP contribution < -0.4 is 9.46 Å². The van der Waals surface area contributed by atoms with Crippen molar-refractivity contribution in [2.75, 3.05) is 13.7 Å². The number of rotatable bonds is 7. The van der Waals surface area contributed by atoms with Gasteiger partial charge >= 0.3 is 0 Å². The zero-order chi connectivity index (χ0) is 16.9. The lowest BCUT2D eigenvalue weighted by molar-refractivity contribution is 0.414. The van der Waals surface area contributed by atoms with Gasteiger partial charge in [-0.15, -0.1) is 0 Å². The summed E-state index contributed by atoms with van der Waals surface area (Å²) in [4.78, 5) is 0.254. The number of benzene rings is 2. The minimum Gasteiger partial charge on any atom is -0.497 e. The molecule has 1 N–H and O–H groups in total. The maximum absolute atomic E-state index is 12.2. The Labute approximate surface area is 138 Å². The van der Waals surface area contributed by atoms with Gasteiger partial charge in [0, 0.05) is 6.54 Å². The van der Waals surface area contributed by atoms with Crippen LogP contribution >= 0.6 is 0 Å². The highest BCUT2D eigenvalue weighted by molar-refractivity contribution is 7.89. The highest BCUT2D eigenvalue weighted by Gasteiger charge is 2.13. The molecule has 0 unspecified atom stereocenters. The second-order valence-electron chi connectivity index (χ2n) is 5.61. The first-order chi connectivity index (χ1) is 10.9. The van der Waals surface area contributed by atoms with Crippen LogP contribution in [0.4, 0.5) is 0 Å². The van der Waals surface area contributed by atoms with Crippen molar-refractivity contribution in [3.05, 3.63) is 59.2 Å². The molecule has 2 aromatic rings.